The standard InChI is InChI=1S/C14H20N2/c15-14(11-13-9-5-6-10-16-13)12-7-3-1-2-4-8-12/h5-7,9-10,14H,1-4,8,11,15H2. The maximum atomic E-state index is 6.24. The molecule has 0 radical (unpaired) electrons. The van der Waals surface area contributed by atoms with Gasteiger partial charge in [0.25, 0.3) is 0 Å². The molecule has 0 spiro atoms. The van der Waals surface area contributed by atoms with Crippen molar-refractivity contribution in [3.63, 3.8) is 0 Å². The van der Waals surface area contributed by atoms with Crippen LogP contribution in [0.1, 0.15) is 37.8 Å². The van der Waals surface area contributed by atoms with Gasteiger partial charge in [-0.1, -0.05) is 24.1 Å². The molecule has 86 valence electrons. The fourth-order valence-electron chi connectivity index (χ4n) is 2.25. The Hall–Kier alpha value is -1.15. The van der Waals surface area contributed by atoms with Crippen molar-refractivity contribution in [2.45, 2.75) is 44.6 Å². The number of pyridine rings is 1. The Morgan fingerprint density at radius 2 is 2.19 bits per heavy atom. The smallest absolute Gasteiger partial charge is 0.0422 e. The van der Waals surface area contributed by atoms with Crippen LogP contribution in [0.5, 0.6) is 0 Å². The first-order valence-electron chi connectivity index (χ1n) is 6.20. The van der Waals surface area contributed by atoms with Gasteiger partial charge in [0.2, 0.25) is 0 Å². The zero-order valence-corrected chi connectivity index (χ0v) is 9.73. The highest BCUT2D eigenvalue weighted by Crippen LogP contribution is 2.20. The maximum absolute atomic E-state index is 6.24. The van der Waals surface area contributed by atoms with E-state index in [0.717, 1.165) is 12.1 Å². The van der Waals surface area contributed by atoms with Gasteiger partial charge in [-0.15, -0.1) is 0 Å². The van der Waals surface area contributed by atoms with E-state index >= 15 is 0 Å². The van der Waals surface area contributed by atoms with Crippen LogP contribution in [-0.4, -0.2) is 11.0 Å². The predicted octanol–water partition coefficient (Wildman–Crippen LogP) is 2.84. The third-order valence-corrected chi connectivity index (χ3v) is 3.21. The molecule has 1 aromatic heterocycles. The Morgan fingerprint density at radius 3 is 3.00 bits per heavy atom. The molecule has 0 aromatic carbocycles. The number of hydrogen-bond donors (Lipinski definition) is 1. The molecule has 2 heteroatoms. The summed E-state index contributed by atoms with van der Waals surface area (Å²) in [4.78, 5) is 4.33. The van der Waals surface area contributed by atoms with E-state index in [1.54, 1.807) is 0 Å². The molecule has 1 heterocycles. The molecule has 0 amide bonds. The number of allylic oxidation sites excluding steroid dienone is 1. The van der Waals surface area contributed by atoms with Gasteiger partial charge < -0.3 is 5.73 Å². The highest BCUT2D eigenvalue weighted by molar-refractivity contribution is 5.16. The second-order valence-corrected chi connectivity index (χ2v) is 4.51. The molecule has 2 N–H and O–H groups in total. The summed E-state index contributed by atoms with van der Waals surface area (Å²) in [5.74, 6) is 0. The molecule has 0 saturated carbocycles. The quantitative estimate of drug-likeness (QED) is 0.789. The van der Waals surface area contributed by atoms with E-state index in [9.17, 15) is 0 Å². The summed E-state index contributed by atoms with van der Waals surface area (Å²) in [6.07, 6.45) is 11.4. The molecule has 1 aliphatic carbocycles. The average molecular weight is 216 g/mol. The number of rotatable bonds is 3. The van der Waals surface area contributed by atoms with Gasteiger partial charge in [0.05, 0.1) is 0 Å². The third kappa shape index (κ3) is 3.17. The van der Waals surface area contributed by atoms with Gasteiger partial charge in [-0.05, 0) is 37.8 Å². The minimum absolute atomic E-state index is 0.160. The minimum Gasteiger partial charge on any atom is -0.324 e. The fourth-order valence-corrected chi connectivity index (χ4v) is 2.25. The van der Waals surface area contributed by atoms with Gasteiger partial charge >= 0.3 is 0 Å². The molecule has 0 saturated heterocycles. The molecular formula is C14H20N2. The van der Waals surface area contributed by atoms with E-state index in [-0.39, 0.29) is 6.04 Å². The van der Waals surface area contributed by atoms with Crippen LogP contribution in [0.2, 0.25) is 0 Å². The molecular weight excluding hydrogens is 196 g/mol. The third-order valence-electron chi connectivity index (χ3n) is 3.21. The lowest BCUT2D eigenvalue weighted by molar-refractivity contribution is 0.667. The molecule has 1 aliphatic rings. The summed E-state index contributed by atoms with van der Waals surface area (Å²) in [6, 6.07) is 6.18. The van der Waals surface area contributed by atoms with Crippen LogP contribution in [0.15, 0.2) is 36.0 Å². The van der Waals surface area contributed by atoms with E-state index in [4.69, 9.17) is 5.73 Å². The molecule has 16 heavy (non-hydrogen) atoms. The van der Waals surface area contributed by atoms with E-state index in [1.807, 2.05) is 18.3 Å². The second-order valence-electron chi connectivity index (χ2n) is 4.51. The summed E-state index contributed by atoms with van der Waals surface area (Å²) in [6.45, 7) is 0. The van der Waals surface area contributed by atoms with Crippen molar-refractivity contribution in [2.24, 2.45) is 5.73 Å². The van der Waals surface area contributed by atoms with Crippen molar-refractivity contribution in [1.29, 1.82) is 0 Å². The van der Waals surface area contributed by atoms with Crippen molar-refractivity contribution in [1.82, 2.24) is 4.98 Å². The van der Waals surface area contributed by atoms with Crippen LogP contribution < -0.4 is 5.73 Å². The van der Waals surface area contributed by atoms with Gasteiger partial charge in [-0.2, -0.15) is 0 Å². The largest absolute Gasteiger partial charge is 0.324 e. The van der Waals surface area contributed by atoms with Crippen molar-refractivity contribution >= 4 is 0 Å². The van der Waals surface area contributed by atoms with Gasteiger partial charge in [-0.25, -0.2) is 0 Å². The first-order chi connectivity index (χ1) is 7.86. The molecule has 1 atom stereocenters. The van der Waals surface area contributed by atoms with Crippen LogP contribution in [0.3, 0.4) is 0 Å². The Balaban J connectivity index is 1.97. The summed E-state index contributed by atoms with van der Waals surface area (Å²) >= 11 is 0. The van der Waals surface area contributed by atoms with Gasteiger partial charge in [0.15, 0.2) is 0 Å². The van der Waals surface area contributed by atoms with Crippen molar-refractivity contribution in [2.75, 3.05) is 0 Å². The lowest BCUT2D eigenvalue weighted by Gasteiger charge is -2.14. The van der Waals surface area contributed by atoms with Crippen molar-refractivity contribution in [3.05, 3.63) is 41.7 Å². The SMILES string of the molecule is NC(Cc1ccccn1)C1=CCCCCC1. The van der Waals surface area contributed by atoms with Crippen molar-refractivity contribution in [3.8, 4) is 0 Å². The summed E-state index contributed by atoms with van der Waals surface area (Å²) in [5, 5.41) is 0. The number of nitrogens with two attached hydrogens (primary N) is 1. The van der Waals surface area contributed by atoms with Gasteiger partial charge in [-0.3, -0.25) is 4.98 Å². The first kappa shape index (κ1) is 11.3. The minimum atomic E-state index is 0.160. The number of aromatic nitrogens is 1. The Bertz CT molecular complexity index is 343. The van der Waals surface area contributed by atoms with Gasteiger partial charge in [0.1, 0.15) is 0 Å². The highest BCUT2D eigenvalue weighted by atomic mass is 14.7. The molecule has 1 unspecified atom stereocenters. The van der Waals surface area contributed by atoms with E-state index in [1.165, 1.54) is 37.7 Å². The second kappa shape index (κ2) is 5.80. The van der Waals surface area contributed by atoms with Crippen LogP contribution in [0.25, 0.3) is 0 Å². The van der Waals surface area contributed by atoms with E-state index in [0.29, 0.717) is 0 Å². The molecule has 0 fully saturated rings. The summed E-state index contributed by atoms with van der Waals surface area (Å²) in [5.41, 5.74) is 8.77. The lowest BCUT2D eigenvalue weighted by atomic mass is 9.98. The fraction of sp³-hybridized carbons (Fsp3) is 0.500. The monoisotopic (exact) mass is 216 g/mol. The van der Waals surface area contributed by atoms with E-state index in [2.05, 4.69) is 17.1 Å². The number of hydrogen-bond acceptors (Lipinski definition) is 2. The molecule has 2 nitrogen and oxygen atoms in total. The van der Waals surface area contributed by atoms with E-state index < -0.39 is 0 Å². The number of nitrogens with zero attached hydrogens (tertiary/aromatic N) is 1. The highest BCUT2D eigenvalue weighted by Gasteiger charge is 2.12. The Morgan fingerprint density at radius 1 is 1.25 bits per heavy atom. The maximum Gasteiger partial charge on any atom is 0.0422 e. The van der Waals surface area contributed by atoms with Crippen LogP contribution in [-0.2, 0) is 6.42 Å². The first-order valence-corrected chi connectivity index (χ1v) is 6.20. The Kier molecular flexibility index (Phi) is 4.11. The zero-order valence-electron chi connectivity index (χ0n) is 9.73. The predicted molar refractivity (Wildman–Crippen MR) is 67.1 cm³/mol. The summed E-state index contributed by atoms with van der Waals surface area (Å²) in [7, 11) is 0. The van der Waals surface area contributed by atoms with Crippen LogP contribution in [0, 0.1) is 0 Å². The molecule has 1 aromatic rings. The molecule has 0 aliphatic heterocycles. The van der Waals surface area contributed by atoms with Crippen LogP contribution in [0.4, 0.5) is 0 Å². The lowest BCUT2D eigenvalue weighted by Crippen LogP contribution is -2.25. The Labute approximate surface area is 97.6 Å². The van der Waals surface area contributed by atoms with Gasteiger partial charge in [0, 0.05) is 24.4 Å². The zero-order chi connectivity index (χ0) is 11.2. The molecule has 0 bridgehead atoms. The average Bonchev–Trinajstić information content (AvgIpc) is 2.59. The summed E-state index contributed by atoms with van der Waals surface area (Å²) < 4.78 is 0. The van der Waals surface area contributed by atoms with Crippen molar-refractivity contribution < 1.29 is 0 Å². The topological polar surface area (TPSA) is 38.9 Å². The normalized spacial score (nSPS) is 18.7. The molecule has 2 rings (SSSR count). The van der Waals surface area contributed by atoms with Crippen LogP contribution >= 0.6 is 0 Å².